The number of Topliss-reactive ketones (excluding diaryl/α,β-unsaturated/α-hetero) is 1. The molecule has 2 amide bonds. The van der Waals surface area contributed by atoms with Crippen molar-refractivity contribution in [3.05, 3.63) is 46.0 Å². The maximum absolute atomic E-state index is 12.5. The summed E-state index contributed by atoms with van der Waals surface area (Å²) in [6, 6.07) is 5.47. The summed E-state index contributed by atoms with van der Waals surface area (Å²) in [6.07, 6.45) is 2.68. The molecule has 25 heavy (non-hydrogen) atoms. The first-order valence-electron chi connectivity index (χ1n) is 8.18. The highest BCUT2D eigenvalue weighted by Gasteiger charge is 2.36. The zero-order valence-corrected chi connectivity index (χ0v) is 14.7. The Morgan fingerprint density at radius 2 is 1.84 bits per heavy atom. The number of carbonyl (C=O) groups excluding carboxylic acids is 3. The van der Waals surface area contributed by atoms with Gasteiger partial charge < -0.3 is 4.98 Å². The highest BCUT2D eigenvalue weighted by atomic mass is 79.9. The molecule has 1 aliphatic carbocycles. The Morgan fingerprint density at radius 1 is 1.08 bits per heavy atom. The van der Waals surface area contributed by atoms with E-state index in [0.717, 1.165) is 52.2 Å². The second-order valence-electron chi connectivity index (χ2n) is 6.54. The van der Waals surface area contributed by atoms with Gasteiger partial charge in [0.05, 0.1) is 22.0 Å². The Kier molecular flexibility index (Phi) is 2.98. The molecule has 1 aromatic heterocycles. The molecule has 0 fully saturated rings. The maximum atomic E-state index is 12.5. The molecule has 2 heterocycles. The fraction of sp³-hybridized carbons (Fsp3) is 0.211. The second-order valence-corrected chi connectivity index (χ2v) is 7.10. The normalized spacial score (nSPS) is 15.7. The van der Waals surface area contributed by atoms with Crippen LogP contribution in [0.2, 0.25) is 0 Å². The third-order valence-corrected chi connectivity index (χ3v) is 5.75. The molecule has 0 radical (unpaired) electrons. The predicted octanol–water partition coefficient (Wildman–Crippen LogP) is 3.27. The fourth-order valence-electron chi connectivity index (χ4n) is 4.21. The molecule has 0 saturated carbocycles. The number of rotatable bonds is 2. The minimum Gasteiger partial charge on any atom is -0.354 e. The average molecular weight is 397 g/mol. The number of nitrogens with one attached hydrogen (secondary N) is 2. The number of aryl methyl sites for hydroxylation is 1. The number of benzene rings is 2. The van der Waals surface area contributed by atoms with Gasteiger partial charge in [-0.1, -0.05) is 15.9 Å². The molecule has 2 aliphatic rings. The molecule has 2 N–H and O–H groups in total. The second kappa shape index (κ2) is 5.02. The van der Waals surface area contributed by atoms with Crippen LogP contribution >= 0.6 is 15.9 Å². The molecular formula is C19H13BrN2O3. The average Bonchev–Trinajstić information content (AvgIpc) is 3.28. The number of aromatic nitrogens is 1. The number of alkyl halides is 1. The Labute approximate surface area is 150 Å². The van der Waals surface area contributed by atoms with Crippen molar-refractivity contribution in [3.63, 3.8) is 0 Å². The molecular weight excluding hydrogens is 384 g/mol. The zero-order valence-electron chi connectivity index (χ0n) is 13.2. The largest absolute Gasteiger partial charge is 0.354 e. The van der Waals surface area contributed by atoms with E-state index in [2.05, 4.69) is 26.2 Å². The van der Waals surface area contributed by atoms with Gasteiger partial charge in [0, 0.05) is 21.9 Å². The van der Waals surface area contributed by atoms with Gasteiger partial charge in [0.15, 0.2) is 5.78 Å². The van der Waals surface area contributed by atoms with Crippen LogP contribution in [-0.4, -0.2) is 27.9 Å². The Balaban J connectivity index is 1.97. The maximum Gasteiger partial charge on any atom is 0.259 e. The highest BCUT2D eigenvalue weighted by Crippen LogP contribution is 2.41. The molecule has 1 aliphatic heterocycles. The summed E-state index contributed by atoms with van der Waals surface area (Å²) in [6.45, 7) is 0. The first-order valence-corrected chi connectivity index (χ1v) is 9.30. The third kappa shape index (κ3) is 1.86. The van der Waals surface area contributed by atoms with Gasteiger partial charge in [0.25, 0.3) is 11.8 Å². The summed E-state index contributed by atoms with van der Waals surface area (Å²) >= 11 is 3.20. The van der Waals surface area contributed by atoms with Crippen molar-refractivity contribution < 1.29 is 14.4 Å². The van der Waals surface area contributed by atoms with Crippen molar-refractivity contribution in [2.75, 3.05) is 5.33 Å². The number of H-pyrrole nitrogens is 1. The molecule has 124 valence electrons. The lowest BCUT2D eigenvalue weighted by atomic mass is 9.93. The SMILES string of the molecule is O=C(CBr)c1ccc2[nH]c3c4c(c5c(c3c2c1)C(=O)NC5=O)CCC4. The third-order valence-electron chi connectivity index (χ3n) is 5.24. The molecule has 0 atom stereocenters. The van der Waals surface area contributed by atoms with Crippen molar-refractivity contribution in [3.8, 4) is 0 Å². The van der Waals surface area contributed by atoms with Crippen LogP contribution in [0.15, 0.2) is 18.2 Å². The number of aromatic amines is 1. The monoisotopic (exact) mass is 396 g/mol. The summed E-state index contributed by atoms with van der Waals surface area (Å²) in [5.41, 5.74) is 5.49. The molecule has 0 saturated heterocycles. The van der Waals surface area contributed by atoms with Gasteiger partial charge in [-0.25, -0.2) is 0 Å². The van der Waals surface area contributed by atoms with Gasteiger partial charge in [-0.05, 0) is 48.6 Å². The number of hydrogen-bond donors (Lipinski definition) is 2. The van der Waals surface area contributed by atoms with E-state index in [0.29, 0.717) is 16.7 Å². The number of hydrogen-bond acceptors (Lipinski definition) is 3. The van der Waals surface area contributed by atoms with E-state index in [1.807, 2.05) is 12.1 Å². The summed E-state index contributed by atoms with van der Waals surface area (Å²) in [7, 11) is 0. The van der Waals surface area contributed by atoms with Crippen molar-refractivity contribution in [2.24, 2.45) is 0 Å². The van der Waals surface area contributed by atoms with Crippen LogP contribution in [0.5, 0.6) is 0 Å². The van der Waals surface area contributed by atoms with E-state index in [4.69, 9.17) is 0 Å². The topological polar surface area (TPSA) is 79.0 Å². The number of imide groups is 1. The van der Waals surface area contributed by atoms with Gasteiger partial charge in [-0.3, -0.25) is 19.7 Å². The molecule has 3 aromatic rings. The summed E-state index contributed by atoms with van der Waals surface area (Å²) in [4.78, 5) is 40.3. The van der Waals surface area contributed by atoms with Crippen molar-refractivity contribution in [1.82, 2.24) is 10.3 Å². The van der Waals surface area contributed by atoms with E-state index in [1.54, 1.807) is 6.07 Å². The summed E-state index contributed by atoms with van der Waals surface area (Å²) < 4.78 is 0. The predicted molar refractivity (Wildman–Crippen MR) is 97.8 cm³/mol. The van der Waals surface area contributed by atoms with Crippen LogP contribution in [-0.2, 0) is 12.8 Å². The van der Waals surface area contributed by atoms with Gasteiger partial charge >= 0.3 is 0 Å². The van der Waals surface area contributed by atoms with Crippen molar-refractivity contribution in [1.29, 1.82) is 0 Å². The quantitative estimate of drug-likeness (QED) is 0.396. The lowest BCUT2D eigenvalue weighted by Crippen LogP contribution is -2.20. The zero-order chi connectivity index (χ0) is 17.3. The molecule has 5 nitrogen and oxygen atoms in total. The van der Waals surface area contributed by atoms with E-state index in [9.17, 15) is 14.4 Å². The van der Waals surface area contributed by atoms with E-state index >= 15 is 0 Å². The molecule has 2 aromatic carbocycles. The number of carbonyl (C=O) groups is 3. The van der Waals surface area contributed by atoms with Crippen LogP contribution in [0.3, 0.4) is 0 Å². The molecule has 0 bridgehead atoms. The molecule has 0 unspecified atom stereocenters. The highest BCUT2D eigenvalue weighted by molar-refractivity contribution is 9.09. The van der Waals surface area contributed by atoms with Crippen LogP contribution < -0.4 is 5.32 Å². The van der Waals surface area contributed by atoms with Crippen molar-refractivity contribution in [2.45, 2.75) is 19.3 Å². The standard InChI is InChI=1S/C19H13BrN2O3/c20-7-13(23)8-4-5-12-11(6-8)14-16-15(18(24)22-19(16)25)9-2-1-3-10(9)17(14)21-12/h4-6,21H,1-3,7H2,(H,22,24,25). The van der Waals surface area contributed by atoms with Gasteiger partial charge in [0.1, 0.15) is 0 Å². The van der Waals surface area contributed by atoms with Crippen molar-refractivity contribution >= 4 is 55.3 Å². The first kappa shape index (κ1) is 14.8. The van der Waals surface area contributed by atoms with Crippen LogP contribution in [0.1, 0.15) is 48.6 Å². The van der Waals surface area contributed by atoms with E-state index in [1.165, 1.54) is 0 Å². The summed E-state index contributed by atoms with van der Waals surface area (Å²) in [5.74, 6) is -0.672. The number of amides is 2. The van der Waals surface area contributed by atoms with E-state index < -0.39 is 0 Å². The first-order chi connectivity index (χ1) is 12.1. The fourth-order valence-corrected chi connectivity index (χ4v) is 4.53. The van der Waals surface area contributed by atoms with Crippen LogP contribution in [0, 0.1) is 0 Å². The summed E-state index contributed by atoms with van der Waals surface area (Å²) in [5, 5.41) is 4.26. The minimum absolute atomic E-state index is 0.0189. The molecule has 5 rings (SSSR count). The lowest BCUT2D eigenvalue weighted by molar-refractivity contribution is 0.0879. The van der Waals surface area contributed by atoms with Gasteiger partial charge in [-0.15, -0.1) is 0 Å². The number of fused-ring (bicyclic) bond motifs is 8. The lowest BCUT2D eigenvalue weighted by Gasteiger charge is -2.07. The molecule has 6 heteroatoms. The Morgan fingerprint density at radius 3 is 2.64 bits per heavy atom. The Hall–Kier alpha value is -2.47. The smallest absolute Gasteiger partial charge is 0.259 e. The van der Waals surface area contributed by atoms with Crippen LogP contribution in [0.25, 0.3) is 21.8 Å². The van der Waals surface area contributed by atoms with Crippen LogP contribution in [0.4, 0.5) is 0 Å². The van der Waals surface area contributed by atoms with Gasteiger partial charge in [0.2, 0.25) is 0 Å². The number of ketones is 1. The number of halogens is 1. The minimum atomic E-state index is -0.349. The van der Waals surface area contributed by atoms with E-state index in [-0.39, 0.29) is 22.9 Å². The Bertz CT molecular complexity index is 1140. The molecule has 0 spiro atoms. The van der Waals surface area contributed by atoms with Gasteiger partial charge in [-0.2, -0.15) is 0 Å².